The van der Waals surface area contributed by atoms with Gasteiger partial charge in [-0.05, 0) is 6.42 Å². The molecule has 2 N–H and O–H groups in total. The molecular formula is C9H15N3S2. The second kappa shape index (κ2) is 5.00. The highest BCUT2D eigenvalue weighted by molar-refractivity contribution is 7.99. The Kier molecular flexibility index (Phi) is 3.67. The van der Waals surface area contributed by atoms with Crippen LogP contribution in [0.3, 0.4) is 0 Å². The molecule has 3 nitrogen and oxygen atoms in total. The summed E-state index contributed by atoms with van der Waals surface area (Å²) >= 11 is 3.66. The van der Waals surface area contributed by atoms with Gasteiger partial charge in [-0.1, -0.05) is 0 Å². The number of thiazole rings is 1. The number of hydrogen-bond donors (Lipinski definition) is 1. The van der Waals surface area contributed by atoms with Crippen molar-refractivity contribution in [3.63, 3.8) is 0 Å². The lowest BCUT2D eigenvalue weighted by Gasteiger charge is -2.25. The largest absolute Gasteiger partial charge is 0.375 e. The van der Waals surface area contributed by atoms with Crippen molar-refractivity contribution in [2.24, 2.45) is 0 Å². The zero-order valence-corrected chi connectivity index (χ0v) is 9.74. The van der Waals surface area contributed by atoms with Crippen molar-refractivity contribution in [3.8, 4) is 0 Å². The third-order valence-electron chi connectivity index (χ3n) is 2.35. The molecule has 0 atom stereocenters. The van der Waals surface area contributed by atoms with E-state index < -0.39 is 0 Å². The summed E-state index contributed by atoms with van der Waals surface area (Å²) in [5, 5.41) is 0.689. The Morgan fingerprint density at radius 3 is 2.86 bits per heavy atom. The van der Waals surface area contributed by atoms with Gasteiger partial charge in [0.05, 0.1) is 0 Å². The second-order valence-electron chi connectivity index (χ2n) is 3.37. The van der Waals surface area contributed by atoms with Gasteiger partial charge in [-0.15, -0.1) is 11.3 Å². The molecule has 0 bridgehead atoms. The van der Waals surface area contributed by atoms with Gasteiger partial charge in [-0.2, -0.15) is 11.8 Å². The van der Waals surface area contributed by atoms with Gasteiger partial charge in [0.2, 0.25) is 0 Å². The van der Waals surface area contributed by atoms with E-state index in [9.17, 15) is 0 Å². The molecule has 0 aromatic carbocycles. The Morgan fingerprint density at radius 1 is 1.43 bits per heavy atom. The number of hydrogen-bond acceptors (Lipinski definition) is 5. The van der Waals surface area contributed by atoms with E-state index in [1.54, 1.807) is 11.3 Å². The Bertz CT molecular complexity index is 281. The zero-order valence-electron chi connectivity index (χ0n) is 8.11. The van der Waals surface area contributed by atoms with Gasteiger partial charge >= 0.3 is 0 Å². The lowest BCUT2D eigenvalue weighted by atomic mass is 10.3. The summed E-state index contributed by atoms with van der Waals surface area (Å²) in [6, 6.07) is 0. The Morgan fingerprint density at radius 2 is 2.21 bits per heavy atom. The molecule has 0 saturated carbocycles. The highest BCUT2D eigenvalue weighted by atomic mass is 32.2. The van der Waals surface area contributed by atoms with Gasteiger partial charge in [0.25, 0.3) is 0 Å². The van der Waals surface area contributed by atoms with Crippen LogP contribution in [0.1, 0.15) is 4.88 Å². The average Bonchev–Trinajstić information content (AvgIpc) is 2.63. The fraction of sp³-hybridized carbons (Fsp3) is 0.667. The number of nitrogens with two attached hydrogens (primary N) is 1. The lowest BCUT2D eigenvalue weighted by Crippen LogP contribution is -2.34. The molecule has 2 rings (SSSR count). The Labute approximate surface area is 92.7 Å². The van der Waals surface area contributed by atoms with Gasteiger partial charge in [0.1, 0.15) is 0 Å². The minimum atomic E-state index is 0.689. The standard InChI is InChI=1S/C9H15N3S2/c10-9-11-7-8(14-9)1-2-12-3-5-13-6-4-12/h7H,1-6H2,(H2,10,11). The van der Waals surface area contributed by atoms with Crippen LogP contribution in [0.15, 0.2) is 6.20 Å². The first-order valence-electron chi connectivity index (χ1n) is 4.85. The molecule has 1 aromatic heterocycles. The molecule has 5 heteroatoms. The number of aromatic nitrogens is 1. The van der Waals surface area contributed by atoms with E-state index >= 15 is 0 Å². The molecule has 1 aliphatic heterocycles. The van der Waals surface area contributed by atoms with Gasteiger partial charge < -0.3 is 10.6 Å². The summed E-state index contributed by atoms with van der Waals surface area (Å²) in [5.74, 6) is 2.57. The molecule has 0 radical (unpaired) electrons. The first-order valence-corrected chi connectivity index (χ1v) is 6.82. The van der Waals surface area contributed by atoms with Crippen LogP contribution < -0.4 is 5.73 Å². The van der Waals surface area contributed by atoms with Crippen LogP contribution in [0, 0.1) is 0 Å². The van der Waals surface area contributed by atoms with Crippen molar-refractivity contribution in [1.29, 1.82) is 0 Å². The number of thioether (sulfide) groups is 1. The summed E-state index contributed by atoms with van der Waals surface area (Å²) in [5.41, 5.74) is 5.58. The molecule has 0 unspecified atom stereocenters. The third-order valence-corrected chi connectivity index (χ3v) is 4.18. The van der Waals surface area contributed by atoms with Crippen molar-refractivity contribution in [2.45, 2.75) is 6.42 Å². The molecule has 14 heavy (non-hydrogen) atoms. The molecule has 1 aromatic rings. The molecule has 1 aliphatic rings. The average molecular weight is 229 g/mol. The highest BCUT2D eigenvalue weighted by Gasteiger charge is 2.10. The molecule has 0 spiro atoms. The predicted molar refractivity (Wildman–Crippen MR) is 64.0 cm³/mol. The van der Waals surface area contributed by atoms with Crippen LogP contribution in [-0.4, -0.2) is 41.0 Å². The summed E-state index contributed by atoms with van der Waals surface area (Å²) < 4.78 is 0. The van der Waals surface area contributed by atoms with Gasteiger partial charge in [0, 0.05) is 42.2 Å². The normalized spacial score (nSPS) is 18.6. The number of rotatable bonds is 3. The highest BCUT2D eigenvalue weighted by Crippen LogP contribution is 2.16. The Hall–Kier alpha value is -0.260. The second-order valence-corrected chi connectivity index (χ2v) is 5.74. The quantitative estimate of drug-likeness (QED) is 0.849. The molecule has 78 valence electrons. The number of nitrogen functional groups attached to an aromatic ring is 1. The topological polar surface area (TPSA) is 42.1 Å². The Balaban J connectivity index is 1.76. The maximum atomic E-state index is 5.58. The minimum absolute atomic E-state index is 0.689. The van der Waals surface area contributed by atoms with Crippen LogP contribution in [0.5, 0.6) is 0 Å². The predicted octanol–water partition coefficient (Wildman–Crippen LogP) is 1.32. The maximum absolute atomic E-state index is 5.58. The van der Waals surface area contributed by atoms with Crippen molar-refractivity contribution in [1.82, 2.24) is 9.88 Å². The van der Waals surface area contributed by atoms with E-state index in [0.717, 1.165) is 13.0 Å². The van der Waals surface area contributed by atoms with E-state index in [2.05, 4.69) is 21.6 Å². The van der Waals surface area contributed by atoms with Crippen molar-refractivity contribution < 1.29 is 0 Å². The van der Waals surface area contributed by atoms with Crippen LogP contribution in [-0.2, 0) is 6.42 Å². The monoisotopic (exact) mass is 229 g/mol. The van der Waals surface area contributed by atoms with E-state index in [1.807, 2.05) is 6.20 Å². The van der Waals surface area contributed by atoms with Crippen LogP contribution in [0.2, 0.25) is 0 Å². The van der Waals surface area contributed by atoms with Crippen LogP contribution in [0.25, 0.3) is 0 Å². The number of anilines is 1. The van der Waals surface area contributed by atoms with Crippen LogP contribution >= 0.6 is 23.1 Å². The minimum Gasteiger partial charge on any atom is -0.375 e. The first kappa shape index (κ1) is 10.3. The molecule has 2 heterocycles. The number of nitrogens with zero attached hydrogens (tertiary/aromatic N) is 2. The summed E-state index contributed by atoms with van der Waals surface area (Å²) in [4.78, 5) is 7.88. The summed E-state index contributed by atoms with van der Waals surface area (Å²) in [6.07, 6.45) is 3.00. The van der Waals surface area contributed by atoms with E-state index in [1.165, 1.54) is 29.5 Å². The molecule has 1 fully saturated rings. The van der Waals surface area contributed by atoms with Gasteiger partial charge in [0.15, 0.2) is 5.13 Å². The molecule has 1 saturated heterocycles. The van der Waals surface area contributed by atoms with E-state index in [-0.39, 0.29) is 0 Å². The van der Waals surface area contributed by atoms with E-state index in [4.69, 9.17) is 5.73 Å². The molecular weight excluding hydrogens is 214 g/mol. The van der Waals surface area contributed by atoms with Crippen LogP contribution in [0.4, 0.5) is 5.13 Å². The van der Waals surface area contributed by atoms with Crippen molar-refractivity contribution in [3.05, 3.63) is 11.1 Å². The van der Waals surface area contributed by atoms with Gasteiger partial charge in [-0.25, -0.2) is 4.98 Å². The smallest absolute Gasteiger partial charge is 0.180 e. The first-order chi connectivity index (χ1) is 6.84. The fourth-order valence-electron chi connectivity index (χ4n) is 1.53. The lowest BCUT2D eigenvalue weighted by molar-refractivity contribution is 0.307. The maximum Gasteiger partial charge on any atom is 0.180 e. The van der Waals surface area contributed by atoms with Crippen molar-refractivity contribution in [2.75, 3.05) is 36.9 Å². The van der Waals surface area contributed by atoms with Crippen molar-refractivity contribution >= 4 is 28.2 Å². The third kappa shape index (κ3) is 2.87. The summed E-state index contributed by atoms with van der Waals surface area (Å²) in [7, 11) is 0. The van der Waals surface area contributed by atoms with Gasteiger partial charge in [-0.3, -0.25) is 0 Å². The fourth-order valence-corrected chi connectivity index (χ4v) is 3.18. The zero-order chi connectivity index (χ0) is 9.80. The summed E-state index contributed by atoms with van der Waals surface area (Å²) in [6.45, 7) is 3.63. The SMILES string of the molecule is Nc1ncc(CCN2CCSCC2)s1. The van der Waals surface area contributed by atoms with E-state index in [0.29, 0.717) is 5.13 Å². The molecule has 0 amide bonds. The molecule has 0 aliphatic carbocycles.